The van der Waals surface area contributed by atoms with Gasteiger partial charge < -0.3 is 20.4 Å². The molecule has 0 fully saturated rings. The number of benzene rings is 1. The van der Waals surface area contributed by atoms with E-state index in [1.165, 1.54) is 0 Å². The molecule has 1 aromatic carbocycles. The van der Waals surface area contributed by atoms with Crippen LogP contribution < -0.4 is 0 Å². The van der Waals surface area contributed by atoms with Gasteiger partial charge in [0.2, 0.25) is 0 Å². The number of aliphatic hydroxyl groups is 3. The van der Waals surface area contributed by atoms with Crippen LogP contribution in [0.1, 0.15) is 5.56 Å². The molecule has 0 aliphatic rings. The van der Waals surface area contributed by atoms with Crippen molar-refractivity contribution in [1.82, 2.24) is 0 Å². The summed E-state index contributed by atoms with van der Waals surface area (Å²) in [7, 11) is 0. The molecule has 4 heteroatoms. The van der Waals surface area contributed by atoms with Crippen LogP contribution in [0.15, 0.2) is 24.3 Å². The fourth-order valence-electron chi connectivity index (χ4n) is 0.686. The number of rotatable bonds is 2. The number of aromatic hydroxyl groups is 1. The maximum Gasteiger partial charge on any atom is 0.115 e. The Labute approximate surface area is 83.1 Å². The van der Waals surface area contributed by atoms with Gasteiger partial charge in [0.1, 0.15) is 11.9 Å². The van der Waals surface area contributed by atoms with E-state index in [1.807, 2.05) is 19.1 Å². The van der Waals surface area contributed by atoms with Gasteiger partial charge in [-0.1, -0.05) is 12.1 Å². The van der Waals surface area contributed by atoms with Gasteiger partial charge in [-0.25, -0.2) is 0 Å². The topological polar surface area (TPSA) is 80.9 Å². The van der Waals surface area contributed by atoms with E-state index >= 15 is 0 Å². The van der Waals surface area contributed by atoms with Crippen LogP contribution in [-0.2, 0) is 0 Å². The van der Waals surface area contributed by atoms with Gasteiger partial charge in [0, 0.05) is 0 Å². The molecule has 0 unspecified atom stereocenters. The summed E-state index contributed by atoms with van der Waals surface area (Å²) in [5.41, 5.74) is 1.09. The summed E-state index contributed by atoms with van der Waals surface area (Å²) < 4.78 is 0. The molecule has 4 N–H and O–H groups in total. The van der Waals surface area contributed by atoms with Crippen molar-refractivity contribution >= 4 is 0 Å². The summed E-state index contributed by atoms with van der Waals surface area (Å²) in [6, 6.07) is 7.15. The number of aliphatic hydroxyl groups excluding tert-OH is 3. The maximum absolute atomic E-state index is 8.81. The molecule has 0 saturated carbocycles. The Bertz CT molecular complexity index is 228. The van der Waals surface area contributed by atoms with Gasteiger partial charge in [-0.15, -0.1) is 0 Å². The quantitative estimate of drug-likeness (QED) is 0.543. The highest BCUT2D eigenvalue weighted by molar-refractivity contribution is 5.25. The highest BCUT2D eigenvalue weighted by atomic mass is 16.3. The minimum atomic E-state index is -0.954. The van der Waals surface area contributed by atoms with E-state index < -0.39 is 6.10 Å². The summed E-state index contributed by atoms with van der Waals surface area (Å²) in [5, 5.41) is 32.8. The number of hydrogen-bond acceptors (Lipinski definition) is 4. The van der Waals surface area contributed by atoms with Crippen LogP contribution in [0.3, 0.4) is 0 Å². The van der Waals surface area contributed by atoms with E-state index in [0.29, 0.717) is 5.75 Å². The SMILES string of the molecule is Cc1cccc(O)c1.OCC(O)CO. The molecule has 0 aliphatic heterocycles. The van der Waals surface area contributed by atoms with E-state index in [0.717, 1.165) is 5.56 Å². The molecule has 80 valence electrons. The van der Waals surface area contributed by atoms with Crippen LogP contribution in [0.25, 0.3) is 0 Å². The van der Waals surface area contributed by atoms with Gasteiger partial charge in [-0.3, -0.25) is 0 Å². The number of phenols is 1. The van der Waals surface area contributed by atoms with Crippen molar-refractivity contribution in [2.45, 2.75) is 13.0 Å². The lowest BCUT2D eigenvalue weighted by Gasteiger charge is -1.96. The first-order valence-corrected chi connectivity index (χ1v) is 4.25. The van der Waals surface area contributed by atoms with Crippen molar-refractivity contribution in [2.24, 2.45) is 0 Å². The van der Waals surface area contributed by atoms with E-state index in [4.69, 9.17) is 20.4 Å². The number of aryl methyl sites for hydroxylation is 1. The standard InChI is InChI=1S/C7H8O.C3H8O3/c1-6-3-2-4-7(8)5-6;4-1-3(6)2-5/h2-5,8H,1H3;3-6H,1-2H2. The molecule has 0 spiro atoms. The third-order valence-corrected chi connectivity index (χ3v) is 1.42. The number of hydrogen-bond donors (Lipinski definition) is 4. The lowest BCUT2D eigenvalue weighted by Crippen LogP contribution is -2.15. The Kier molecular flexibility index (Phi) is 6.74. The van der Waals surface area contributed by atoms with Crippen molar-refractivity contribution in [3.8, 4) is 5.75 Å². The highest BCUT2D eigenvalue weighted by Crippen LogP contribution is 2.08. The van der Waals surface area contributed by atoms with E-state index in [1.54, 1.807) is 12.1 Å². The molecule has 0 aromatic heterocycles. The van der Waals surface area contributed by atoms with Crippen LogP contribution in [0.5, 0.6) is 5.75 Å². The fourth-order valence-corrected chi connectivity index (χ4v) is 0.686. The summed E-state index contributed by atoms with van der Waals surface area (Å²) >= 11 is 0. The average Bonchev–Trinajstić information content (AvgIpc) is 2.17. The molecule has 0 atom stereocenters. The zero-order chi connectivity index (χ0) is 11.0. The minimum Gasteiger partial charge on any atom is -0.508 e. The summed E-state index contributed by atoms with van der Waals surface area (Å²) in [4.78, 5) is 0. The first-order valence-electron chi connectivity index (χ1n) is 4.25. The third kappa shape index (κ3) is 6.42. The zero-order valence-corrected chi connectivity index (χ0v) is 8.09. The highest BCUT2D eigenvalue weighted by Gasteiger charge is 1.93. The van der Waals surface area contributed by atoms with Gasteiger partial charge in [-0.05, 0) is 24.6 Å². The van der Waals surface area contributed by atoms with E-state index in [2.05, 4.69) is 0 Å². The predicted octanol–water partition coefficient (Wildman–Crippen LogP) is 0.0325. The smallest absolute Gasteiger partial charge is 0.115 e. The molecule has 0 saturated heterocycles. The fraction of sp³-hybridized carbons (Fsp3) is 0.400. The van der Waals surface area contributed by atoms with E-state index in [-0.39, 0.29) is 13.2 Å². The minimum absolute atomic E-state index is 0.338. The van der Waals surface area contributed by atoms with Gasteiger partial charge in [0.05, 0.1) is 13.2 Å². The first-order chi connectivity index (χ1) is 6.60. The second kappa shape index (κ2) is 7.32. The molecule has 1 aromatic rings. The lowest BCUT2D eigenvalue weighted by molar-refractivity contribution is 0.0450. The predicted molar refractivity (Wildman–Crippen MR) is 53.0 cm³/mol. The molecular formula is C10H16O4. The van der Waals surface area contributed by atoms with Crippen molar-refractivity contribution in [3.63, 3.8) is 0 Å². The van der Waals surface area contributed by atoms with Crippen molar-refractivity contribution < 1.29 is 20.4 Å². The van der Waals surface area contributed by atoms with Crippen molar-refractivity contribution in [3.05, 3.63) is 29.8 Å². The Morgan fingerprint density at radius 1 is 1.21 bits per heavy atom. The van der Waals surface area contributed by atoms with Crippen LogP contribution >= 0.6 is 0 Å². The summed E-state index contributed by atoms with van der Waals surface area (Å²) in [6.45, 7) is 1.22. The van der Waals surface area contributed by atoms with Gasteiger partial charge >= 0.3 is 0 Å². The molecule has 0 radical (unpaired) electrons. The Morgan fingerprint density at radius 2 is 1.79 bits per heavy atom. The second-order valence-electron chi connectivity index (χ2n) is 2.86. The monoisotopic (exact) mass is 200 g/mol. The van der Waals surface area contributed by atoms with Crippen LogP contribution in [-0.4, -0.2) is 39.7 Å². The van der Waals surface area contributed by atoms with Gasteiger partial charge in [0.15, 0.2) is 0 Å². The molecular weight excluding hydrogens is 184 g/mol. The van der Waals surface area contributed by atoms with Crippen molar-refractivity contribution in [1.29, 1.82) is 0 Å². The van der Waals surface area contributed by atoms with Crippen LogP contribution in [0.4, 0.5) is 0 Å². The lowest BCUT2D eigenvalue weighted by atomic mass is 10.2. The van der Waals surface area contributed by atoms with Crippen molar-refractivity contribution in [2.75, 3.05) is 13.2 Å². The molecule has 14 heavy (non-hydrogen) atoms. The Morgan fingerprint density at radius 3 is 2.00 bits per heavy atom. The molecule has 0 heterocycles. The zero-order valence-electron chi connectivity index (χ0n) is 8.09. The molecule has 0 aliphatic carbocycles. The molecule has 0 amide bonds. The maximum atomic E-state index is 8.81. The van der Waals surface area contributed by atoms with E-state index in [9.17, 15) is 0 Å². The Hall–Kier alpha value is -1.10. The van der Waals surface area contributed by atoms with Crippen LogP contribution in [0.2, 0.25) is 0 Å². The normalized spacial score (nSPS) is 9.50. The van der Waals surface area contributed by atoms with Gasteiger partial charge in [0.25, 0.3) is 0 Å². The third-order valence-electron chi connectivity index (χ3n) is 1.42. The first kappa shape index (κ1) is 12.9. The molecule has 4 nitrogen and oxygen atoms in total. The summed E-state index contributed by atoms with van der Waals surface area (Å²) in [6.07, 6.45) is -0.954. The molecule has 1 rings (SSSR count). The van der Waals surface area contributed by atoms with Gasteiger partial charge in [-0.2, -0.15) is 0 Å². The number of phenolic OH excluding ortho intramolecular Hbond substituents is 1. The molecule has 0 bridgehead atoms. The summed E-state index contributed by atoms with van der Waals surface area (Å²) in [5.74, 6) is 0.338. The second-order valence-corrected chi connectivity index (χ2v) is 2.86. The largest absolute Gasteiger partial charge is 0.508 e. The average molecular weight is 200 g/mol. The van der Waals surface area contributed by atoms with Crippen LogP contribution in [0, 0.1) is 6.92 Å². The Balaban J connectivity index is 0.000000255.